The van der Waals surface area contributed by atoms with Gasteiger partial charge in [0.2, 0.25) is 0 Å². The molecule has 448 valence electrons. The fourth-order valence-corrected chi connectivity index (χ4v) is 10.2. The van der Waals surface area contributed by atoms with E-state index in [9.17, 15) is 45.3 Å². The highest BCUT2D eigenvalue weighted by atomic mass is 16.7. The lowest BCUT2D eigenvalue weighted by Crippen LogP contribution is -2.61. The number of aliphatic hydroxyl groups excluding tert-OH is 7. The minimum absolute atomic E-state index is 0.171. The van der Waals surface area contributed by atoms with E-state index in [0.717, 1.165) is 44.9 Å². The normalized spacial score (nSPS) is 24.3. The second-order valence-corrected chi connectivity index (χ2v) is 22.2. The number of carbonyl (C=O) groups excluding carboxylic acids is 2. The molecule has 0 radical (unpaired) electrons. The number of ether oxygens (including phenoxy) is 6. The molecule has 15 nitrogen and oxygen atoms in total. The van der Waals surface area contributed by atoms with Gasteiger partial charge in [0, 0.05) is 12.8 Å². The summed E-state index contributed by atoms with van der Waals surface area (Å²) >= 11 is 0. The molecule has 2 saturated heterocycles. The molecule has 0 aliphatic carbocycles. The van der Waals surface area contributed by atoms with Gasteiger partial charge in [-0.3, -0.25) is 9.59 Å². The predicted octanol–water partition coefficient (Wildman–Crippen LogP) is 11.3. The van der Waals surface area contributed by atoms with Gasteiger partial charge in [-0.05, 0) is 38.5 Å². The summed E-state index contributed by atoms with van der Waals surface area (Å²) in [6, 6.07) is 0. The molecule has 2 heterocycles. The zero-order valence-corrected chi connectivity index (χ0v) is 48.0. The first kappa shape index (κ1) is 70.3. The zero-order chi connectivity index (χ0) is 55.3. The zero-order valence-electron chi connectivity index (χ0n) is 48.0. The topological polar surface area (TPSA) is 231 Å². The Morgan fingerprint density at radius 2 is 0.750 bits per heavy atom. The maximum absolute atomic E-state index is 13.1. The molecule has 0 aromatic heterocycles. The molecule has 0 aromatic rings. The summed E-state index contributed by atoms with van der Waals surface area (Å²) in [4.78, 5) is 25.9. The summed E-state index contributed by atoms with van der Waals surface area (Å²) in [5.41, 5.74) is 0. The van der Waals surface area contributed by atoms with E-state index in [-0.39, 0.29) is 26.1 Å². The Bertz CT molecular complexity index is 1370. The molecule has 0 aromatic carbocycles. The summed E-state index contributed by atoms with van der Waals surface area (Å²) in [5.74, 6) is -0.912. The van der Waals surface area contributed by atoms with Crippen LogP contribution in [0, 0.1) is 0 Å². The molecule has 2 aliphatic rings. The van der Waals surface area contributed by atoms with Crippen LogP contribution < -0.4 is 0 Å². The fraction of sp³-hybridized carbons (Fsp3) is 0.934. The van der Waals surface area contributed by atoms with Crippen LogP contribution in [0.3, 0.4) is 0 Å². The van der Waals surface area contributed by atoms with Crippen molar-refractivity contribution in [3.8, 4) is 0 Å². The van der Waals surface area contributed by atoms with E-state index < -0.39 is 92.7 Å². The maximum Gasteiger partial charge on any atom is 0.306 e. The third-order valence-corrected chi connectivity index (χ3v) is 15.2. The first-order valence-corrected chi connectivity index (χ1v) is 31.3. The molecule has 0 amide bonds. The van der Waals surface area contributed by atoms with Crippen LogP contribution in [-0.4, -0.2) is 142 Å². The SMILES string of the molecule is CCCCCCCC/C=C/CCCCCCCCCC(=O)OC[C@H](CO[C@H]1O[C@@H](CO[C@H]2O[C@@H](CO)[C@@H](O)C(O)C2O)[C@@H](O)C(O)C1O)OC(=O)CCCCCCCCCCCCCCCCCCCCCCCCC. The highest BCUT2D eigenvalue weighted by Gasteiger charge is 2.47. The fourth-order valence-electron chi connectivity index (χ4n) is 10.2. The molecule has 4 unspecified atom stereocenters. The number of carbonyl (C=O) groups is 2. The molecule has 2 fully saturated rings. The minimum Gasteiger partial charge on any atom is -0.462 e. The summed E-state index contributed by atoms with van der Waals surface area (Å²) in [7, 11) is 0. The lowest BCUT2D eigenvalue weighted by Gasteiger charge is -2.42. The highest BCUT2D eigenvalue weighted by Crippen LogP contribution is 2.27. The van der Waals surface area contributed by atoms with Crippen LogP contribution in [0.2, 0.25) is 0 Å². The molecule has 0 bridgehead atoms. The smallest absolute Gasteiger partial charge is 0.306 e. The van der Waals surface area contributed by atoms with E-state index in [2.05, 4.69) is 26.0 Å². The van der Waals surface area contributed by atoms with Gasteiger partial charge in [0.15, 0.2) is 18.7 Å². The largest absolute Gasteiger partial charge is 0.462 e. The molecule has 0 saturated carbocycles. The van der Waals surface area contributed by atoms with Crippen molar-refractivity contribution in [1.82, 2.24) is 0 Å². The van der Waals surface area contributed by atoms with Crippen LogP contribution in [0.4, 0.5) is 0 Å². The Morgan fingerprint density at radius 3 is 1.16 bits per heavy atom. The van der Waals surface area contributed by atoms with Crippen LogP contribution >= 0.6 is 0 Å². The number of aliphatic hydroxyl groups is 7. The van der Waals surface area contributed by atoms with Crippen molar-refractivity contribution < 1.29 is 73.8 Å². The third kappa shape index (κ3) is 34.4. The number of unbranched alkanes of at least 4 members (excludes halogenated alkanes) is 35. The first-order valence-electron chi connectivity index (χ1n) is 31.3. The molecule has 7 N–H and O–H groups in total. The Morgan fingerprint density at radius 1 is 0.408 bits per heavy atom. The Labute approximate surface area is 460 Å². The average molecular weight is 1090 g/mol. The van der Waals surface area contributed by atoms with E-state index in [1.807, 2.05) is 0 Å². The van der Waals surface area contributed by atoms with Gasteiger partial charge in [-0.15, -0.1) is 0 Å². The van der Waals surface area contributed by atoms with E-state index in [4.69, 9.17) is 28.4 Å². The van der Waals surface area contributed by atoms with Gasteiger partial charge in [0.25, 0.3) is 0 Å². The van der Waals surface area contributed by atoms with E-state index in [1.165, 1.54) is 186 Å². The Balaban J connectivity index is 1.71. The van der Waals surface area contributed by atoms with Crippen molar-refractivity contribution >= 4 is 11.9 Å². The summed E-state index contributed by atoms with van der Waals surface area (Å²) in [6.45, 7) is 2.65. The lowest BCUT2D eigenvalue weighted by molar-refractivity contribution is -0.332. The second kappa shape index (κ2) is 48.0. The predicted molar refractivity (Wildman–Crippen MR) is 298 cm³/mol. The quantitative estimate of drug-likeness (QED) is 0.0171. The van der Waals surface area contributed by atoms with E-state index >= 15 is 0 Å². The molecule has 0 spiro atoms. The van der Waals surface area contributed by atoms with Gasteiger partial charge >= 0.3 is 11.9 Å². The van der Waals surface area contributed by atoms with Gasteiger partial charge in [-0.1, -0.05) is 231 Å². The third-order valence-electron chi connectivity index (χ3n) is 15.2. The van der Waals surface area contributed by atoms with Gasteiger partial charge in [0.1, 0.15) is 55.4 Å². The van der Waals surface area contributed by atoms with Crippen molar-refractivity contribution in [2.24, 2.45) is 0 Å². The van der Waals surface area contributed by atoms with Crippen molar-refractivity contribution in [3.63, 3.8) is 0 Å². The van der Waals surface area contributed by atoms with Crippen molar-refractivity contribution in [3.05, 3.63) is 12.2 Å². The summed E-state index contributed by atoms with van der Waals surface area (Å²) < 4.78 is 33.8. The van der Waals surface area contributed by atoms with Crippen molar-refractivity contribution in [2.45, 2.75) is 338 Å². The monoisotopic (exact) mass is 1090 g/mol. The molecule has 2 aliphatic heterocycles. The molecule has 2 rings (SSSR count). The highest BCUT2D eigenvalue weighted by molar-refractivity contribution is 5.70. The molecule has 11 atom stereocenters. The Hall–Kier alpha value is -1.76. The molecular weight excluding hydrogens is 973 g/mol. The van der Waals surface area contributed by atoms with Crippen LogP contribution in [0.5, 0.6) is 0 Å². The number of hydrogen-bond donors (Lipinski definition) is 7. The van der Waals surface area contributed by atoms with Gasteiger partial charge in [-0.2, -0.15) is 0 Å². The standard InChI is InChI=1S/C61H114O15/c1-3-5-7-9-11-13-15-17-19-21-22-23-24-25-26-28-30-32-34-36-38-40-42-44-53(64)74-49(46-71-52(63)43-41-39-37-35-33-31-29-27-20-18-16-14-12-10-8-6-4-2)47-72-60-59(70)57(68)55(66)51(76-60)48-73-61-58(69)56(67)54(65)50(45-62)75-61/h18,20,49-51,54-62,65-70H,3-17,19,21-48H2,1-2H3/b20-18+/t49-,50+,51+,54-,55-,56?,57?,58?,59?,60+,61+/m1/s1. The van der Waals surface area contributed by atoms with Crippen molar-refractivity contribution in [1.29, 1.82) is 0 Å². The Kier molecular flexibility index (Phi) is 44.4. The summed E-state index contributed by atoms with van der Waals surface area (Å²) in [6.07, 6.45) is 35.2. The van der Waals surface area contributed by atoms with Crippen molar-refractivity contribution in [2.75, 3.05) is 26.4 Å². The van der Waals surface area contributed by atoms with Crippen LogP contribution in [0.25, 0.3) is 0 Å². The lowest BCUT2D eigenvalue weighted by atomic mass is 9.98. The van der Waals surface area contributed by atoms with Crippen LogP contribution in [-0.2, 0) is 38.0 Å². The van der Waals surface area contributed by atoms with Crippen LogP contribution in [0.15, 0.2) is 12.2 Å². The van der Waals surface area contributed by atoms with Gasteiger partial charge in [0.05, 0.1) is 19.8 Å². The number of esters is 2. The van der Waals surface area contributed by atoms with Gasteiger partial charge < -0.3 is 64.2 Å². The number of rotatable bonds is 51. The maximum atomic E-state index is 13.1. The van der Waals surface area contributed by atoms with Crippen LogP contribution in [0.1, 0.15) is 271 Å². The van der Waals surface area contributed by atoms with E-state index in [0.29, 0.717) is 12.8 Å². The van der Waals surface area contributed by atoms with E-state index in [1.54, 1.807) is 0 Å². The average Bonchev–Trinajstić information content (AvgIpc) is 3.42. The molecular formula is C61H114O15. The minimum atomic E-state index is -1.76. The molecule has 15 heteroatoms. The summed E-state index contributed by atoms with van der Waals surface area (Å²) in [5, 5.41) is 72.4. The van der Waals surface area contributed by atoms with Gasteiger partial charge in [-0.25, -0.2) is 0 Å². The second-order valence-electron chi connectivity index (χ2n) is 22.2. The first-order chi connectivity index (χ1) is 37.0. The molecule has 76 heavy (non-hydrogen) atoms. The number of allylic oxidation sites excluding steroid dienone is 2. The number of hydrogen-bond acceptors (Lipinski definition) is 15.